The lowest BCUT2D eigenvalue weighted by Gasteiger charge is -2.22. The number of benzene rings is 2. The number of carbonyl (C=O) groups is 2. The van der Waals surface area contributed by atoms with Gasteiger partial charge in [-0.3, -0.25) is 14.6 Å². The van der Waals surface area contributed by atoms with Crippen molar-refractivity contribution in [2.75, 3.05) is 10.2 Å². The molecule has 2 amide bonds. The van der Waals surface area contributed by atoms with E-state index in [1.54, 1.807) is 17.2 Å². The van der Waals surface area contributed by atoms with Crippen molar-refractivity contribution in [1.29, 1.82) is 0 Å². The molecule has 2 aromatic carbocycles. The standard InChI is InChI=1S/C20H17N3O2/c1-13-12-15-6-2-3-10-17(15)23(13)20(25)19(24)22-16-9-4-7-14-8-5-11-21-18(14)16/h2-11,13H,12H2,1H3,(H,22,24). The van der Waals surface area contributed by atoms with Crippen molar-refractivity contribution in [2.45, 2.75) is 19.4 Å². The fraction of sp³-hybridized carbons (Fsp3) is 0.150. The topological polar surface area (TPSA) is 62.3 Å². The maximum absolute atomic E-state index is 12.8. The van der Waals surface area contributed by atoms with Crippen LogP contribution in [0.3, 0.4) is 0 Å². The van der Waals surface area contributed by atoms with Gasteiger partial charge in [-0.1, -0.05) is 36.4 Å². The van der Waals surface area contributed by atoms with Crippen LogP contribution in [0, 0.1) is 0 Å². The highest BCUT2D eigenvalue weighted by atomic mass is 16.2. The highest BCUT2D eigenvalue weighted by Gasteiger charge is 2.34. The minimum atomic E-state index is -0.651. The molecule has 5 heteroatoms. The van der Waals surface area contributed by atoms with Crippen LogP contribution in [0.1, 0.15) is 12.5 Å². The molecule has 1 aliphatic heterocycles. The Bertz CT molecular complexity index is 978. The number of fused-ring (bicyclic) bond motifs is 2. The number of pyridine rings is 1. The number of nitrogens with zero attached hydrogens (tertiary/aromatic N) is 2. The zero-order chi connectivity index (χ0) is 17.4. The Labute approximate surface area is 145 Å². The van der Waals surface area contributed by atoms with E-state index < -0.39 is 11.8 Å². The molecule has 0 saturated heterocycles. The summed E-state index contributed by atoms with van der Waals surface area (Å²) >= 11 is 0. The van der Waals surface area contributed by atoms with Gasteiger partial charge in [0.25, 0.3) is 0 Å². The Morgan fingerprint density at radius 3 is 2.76 bits per heavy atom. The molecule has 0 spiro atoms. The van der Waals surface area contributed by atoms with E-state index in [1.807, 2.05) is 55.5 Å². The summed E-state index contributed by atoms with van der Waals surface area (Å²) in [7, 11) is 0. The molecular weight excluding hydrogens is 314 g/mol. The van der Waals surface area contributed by atoms with Crippen LogP contribution in [-0.4, -0.2) is 22.8 Å². The zero-order valence-electron chi connectivity index (χ0n) is 13.8. The number of nitrogens with one attached hydrogen (secondary N) is 1. The summed E-state index contributed by atoms with van der Waals surface area (Å²) in [5, 5.41) is 3.63. The fourth-order valence-electron chi connectivity index (χ4n) is 3.37. The Kier molecular flexibility index (Phi) is 3.69. The molecule has 1 aromatic heterocycles. The molecule has 5 nitrogen and oxygen atoms in total. The molecule has 1 unspecified atom stereocenters. The lowest BCUT2D eigenvalue weighted by molar-refractivity contribution is -0.134. The normalized spacial score (nSPS) is 15.9. The predicted molar refractivity (Wildman–Crippen MR) is 97.5 cm³/mol. The third-order valence-electron chi connectivity index (χ3n) is 4.50. The summed E-state index contributed by atoms with van der Waals surface area (Å²) in [6, 6.07) is 16.9. The summed E-state index contributed by atoms with van der Waals surface area (Å²) < 4.78 is 0. The number of para-hydroxylation sites is 2. The highest BCUT2D eigenvalue weighted by Crippen LogP contribution is 2.32. The number of anilines is 2. The van der Waals surface area contributed by atoms with Gasteiger partial charge in [0.05, 0.1) is 11.2 Å². The van der Waals surface area contributed by atoms with Crippen LogP contribution < -0.4 is 10.2 Å². The van der Waals surface area contributed by atoms with E-state index in [0.29, 0.717) is 11.2 Å². The van der Waals surface area contributed by atoms with Crippen LogP contribution >= 0.6 is 0 Å². The van der Waals surface area contributed by atoms with Gasteiger partial charge in [-0.2, -0.15) is 0 Å². The lowest BCUT2D eigenvalue weighted by Crippen LogP contribution is -2.43. The van der Waals surface area contributed by atoms with E-state index in [9.17, 15) is 9.59 Å². The van der Waals surface area contributed by atoms with E-state index in [4.69, 9.17) is 0 Å². The van der Waals surface area contributed by atoms with E-state index in [0.717, 1.165) is 23.1 Å². The molecule has 1 aliphatic rings. The molecule has 1 atom stereocenters. The molecule has 1 N–H and O–H groups in total. The maximum atomic E-state index is 12.8. The van der Waals surface area contributed by atoms with Crippen molar-refractivity contribution in [3.63, 3.8) is 0 Å². The predicted octanol–water partition coefficient (Wildman–Crippen LogP) is 3.15. The minimum absolute atomic E-state index is 0.0405. The second-order valence-corrected chi connectivity index (χ2v) is 6.19. The Balaban J connectivity index is 1.62. The minimum Gasteiger partial charge on any atom is -0.316 e. The Morgan fingerprint density at radius 2 is 1.88 bits per heavy atom. The largest absolute Gasteiger partial charge is 0.316 e. The number of hydrogen-bond acceptors (Lipinski definition) is 3. The average Bonchev–Trinajstić information content (AvgIpc) is 2.97. The van der Waals surface area contributed by atoms with E-state index in [2.05, 4.69) is 10.3 Å². The van der Waals surface area contributed by atoms with Crippen molar-refractivity contribution in [2.24, 2.45) is 0 Å². The molecule has 124 valence electrons. The highest BCUT2D eigenvalue weighted by molar-refractivity contribution is 6.45. The van der Waals surface area contributed by atoms with Gasteiger partial charge in [0.15, 0.2) is 0 Å². The van der Waals surface area contributed by atoms with E-state index >= 15 is 0 Å². The maximum Gasteiger partial charge on any atom is 0.316 e. The molecule has 0 radical (unpaired) electrons. The Hall–Kier alpha value is -3.21. The van der Waals surface area contributed by atoms with Crippen molar-refractivity contribution >= 4 is 34.1 Å². The third-order valence-corrected chi connectivity index (χ3v) is 4.50. The monoisotopic (exact) mass is 331 g/mol. The Morgan fingerprint density at radius 1 is 1.08 bits per heavy atom. The summed E-state index contributed by atoms with van der Waals surface area (Å²) in [4.78, 5) is 31.2. The van der Waals surface area contributed by atoms with Gasteiger partial charge in [0.2, 0.25) is 0 Å². The second kappa shape index (κ2) is 6.02. The molecule has 2 heterocycles. The summed E-state index contributed by atoms with van der Waals surface area (Å²) in [6.45, 7) is 1.95. The lowest BCUT2D eigenvalue weighted by atomic mass is 10.1. The SMILES string of the molecule is CC1Cc2ccccc2N1C(=O)C(=O)Nc1cccc2cccnc12. The van der Waals surface area contributed by atoms with Crippen LogP contribution in [0.25, 0.3) is 10.9 Å². The smallest absolute Gasteiger partial charge is 0.316 e. The fourth-order valence-corrected chi connectivity index (χ4v) is 3.37. The first kappa shape index (κ1) is 15.3. The zero-order valence-corrected chi connectivity index (χ0v) is 13.8. The third kappa shape index (κ3) is 2.63. The van der Waals surface area contributed by atoms with Crippen LogP contribution in [-0.2, 0) is 16.0 Å². The molecular formula is C20H17N3O2. The van der Waals surface area contributed by atoms with Gasteiger partial charge < -0.3 is 10.2 Å². The van der Waals surface area contributed by atoms with Gasteiger partial charge in [0.1, 0.15) is 0 Å². The summed E-state index contributed by atoms with van der Waals surface area (Å²) in [5.41, 5.74) is 3.10. The van der Waals surface area contributed by atoms with Crippen molar-refractivity contribution in [3.8, 4) is 0 Å². The molecule has 0 aliphatic carbocycles. The molecule has 0 fully saturated rings. The first-order valence-electron chi connectivity index (χ1n) is 8.21. The van der Waals surface area contributed by atoms with Crippen molar-refractivity contribution in [3.05, 3.63) is 66.4 Å². The van der Waals surface area contributed by atoms with Crippen LogP contribution in [0.15, 0.2) is 60.8 Å². The molecule has 0 bridgehead atoms. The molecule has 3 aromatic rings. The molecule has 0 saturated carbocycles. The van der Waals surface area contributed by atoms with Gasteiger partial charge in [-0.05, 0) is 37.1 Å². The summed E-state index contributed by atoms with van der Waals surface area (Å²) in [5.74, 6) is -1.20. The van der Waals surface area contributed by atoms with Gasteiger partial charge in [-0.25, -0.2) is 0 Å². The average molecular weight is 331 g/mol. The van der Waals surface area contributed by atoms with E-state index in [-0.39, 0.29) is 6.04 Å². The van der Waals surface area contributed by atoms with Crippen molar-refractivity contribution < 1.29 is 9.59 Å². The van der Waals surface area contributed by atoms with Crippen LogP contribution in [0.4, 0.5) is 11.4 Å². The number of rotatable bonds is 1. The van der Waals surface area contributed by atoms with Crippen molar-refractivity contribution in [1.82, 2.24) is 4.98 Å². The quantitative estimate of drug-likeness (QED) is 0.697. The number of carbonyl (C=O) groups excluding carboxylic acids is 2. The van der Waals surface area contributed by atoms with Gasteiger partial charge in [-0.15, -0.1) is 0 Å². The van der Waals surface area contributed by atoms with E-state index in [1.165, 1.54) is 0 Å². The first-order chi connectivity index (χ1) is 12.1. The van der Waals surface area contributed by atoms with Gasteiger partial charge >= 0.3 is 11.8 Å². The molecule has 25 heavy (non-hydrogen) atoms. The van der Waals surface area contributed by atoms with Crippen LogP contribution in [0.2, 0.25) is 0 Å². The first-order valence-corrected chi connectivity index (χ1v) is 8.21. The second-order valence-electron chi connectivity index (χ2n) is 6.19. The summed E-state index contributed by atoms with van der Waals surface area (Å²) in [6.07, 6.45) is 2.42. The number of hydrogen-bond donors (Lipinski definition) is 1. The van der Waals surface area contributed by atoms with Crippen LogP contribution in [0.5, 0.6) is 0 Å². The number of amides is 2. The van der Waals surface area contributed by atoms with Gasteiger partial charge in [0, 0.05) is 23.3 Å². The number of aromatic nitrogens is 1. The molecule has 4 rings (SSSR count).